The lowest BCUT2D eigenvalue weighted by Gasteiger charge is -2.05. The molecule has 102 valence electrons. The molecule has 0 unspecified atom stereocenters. The average Bonchev–Trinajstić information content (AvgIpc) is 2.14. The quantitative estimate of drug-likeness (QED) is 0.578. The smallest absolute Gasteiger partial charge is 0.341 e. The van der Waals surface area contributed by atoms with Gasteiger partial charge in [0.1, 0.15) is 11.1 Å². The van der Waals surface area contributed by atoms with Crippen LogP contribution in [0.2, 0.25) is 0 Å². The van der Waals surface area contributed by atoms with E-state index in [0.29, 0.717) is 0 Å². The maximum absolute atomic E-state index is 12.9. The van der Waals surface area contributed by atoms with Crippen LogP contribution < -0.4 is 0 Å². The Labute approximate surface area is 95.7 Å². The first-order chi connectivity index (χ1) is 7.29. The van der Waals surface area contributed by atoms with E-state index < -0.39 is 46.3 Å². The van der Waals surface area contributed by atoms with Crippen LogP contribution in [0.5, 0.6) is 0 Å². The molecule has 0 heterocycles. The Balaban J connectivity index is 0. The van der Waals surface area contributed by atoms with Crippen molar-refractivity contribution in [2.24, 2.45) is 0 Å². The van der Waals surface area contributed by atoms with E-state index in [4.69, 9.17) is 10.2 Å². The molecule has 1 aromatic carbocycles. The van der Waals surface area contributed by atoms with E-state index in [2.05, 4.69) is 0 Å². The van der Waals surface area contributed by atoms with Crippen molar-refractivity contribution in [3.05, 3.63) is 34.4 Å². The lowest BCUT2D eigenvalue weighted by molar-refractivity contribution is 0.0658. The molecule has 0 bridgehead atoms. The molecule has 18 heavy (non-hydrogen) atoms. The topological polar surface area (TPSA) is 138 Å². The minimum Gasteiger partial charge on any atom is -0.477 e. The summed E-state index contributed by atoms with van der Waals surface area (Å²) in [5, 5.41) is 16.5. The van der Waals surface area contributed by atoms with Gasteiger partial charge in [-0.2, -0.15) is 0 Å². The SMILES string of the molecule is O.O.O=C(O)c1c(F)c(F)c(C(=O)O)c(F)c1F. The fourth-order valence-corrected chi connectivity index (χ4v) is 1.01. The number of carboxylic acids is 2. The first-order valence-corrected chi connectivity index (χ1v) is 3.61. The van der Waals surface area contributed by atoms with Gasteiger partial charge in [0.15, 0.2) is 23.3 Å². The zero-order valence-electron chi connectivity index (χ0n) is 8.22. The molecule has 0 aromatic heterocycles. The van der Waals surface area contributed by atoms with Gasteiger partial charge in [-0.05, 0) is 0 Å². The van der Waals surface area contributed by atoms with E-state index in [1.54, 1.807) is 0 Å². The molecular weight excluding hydrogens is 268 g/mol. The van der Waals surface area contributed by atoms with Crippen molar-refractivity contribution in [2.75, 3.05) is 0 Å². The average molecular weight is 274 g/mol. The summed E-state index contributed by atoms with van der Waals surface area (Å²) in [5.41, 5.74) is -3.75. The highest BCUT2D eigenvalue weighted by molar-refractivity contribution is 5.92. The molecule has 0 fully saturated rings. The van der Waals surface area contributed by atoms with Gasteiger partial charge in [0.05, 0.1) is 0 Å². The molecule has 6 nitrogen and oxygen atoms in total. The van der Waals surface area contributed by atoms with Crippen LogP contribution in [0.25, 0.3) is 0 Å². The predicted octanol–water partition coefficient (Wildman–Crippen LogP) is -0.0100. The van der Waals surface area contributed by atoms with Gasteiger partial charge >= 0.3 is 11.9 Å². The largest absolute Gasteiger partial charge is 0.477 e. The first kappa shape index (κ1) is 18.2. The molecule has 1 rings (SSSR count). The molecule has 10 heteroatoms. The second kappa shape index (κ2) is 5.93. The summed E-state index contributed by atoms with van der Waals surface area (Å²) in [6.45, 7) is 0. The first-order valence-electron chi connectivity index (χ1n) is 3.61. The summed E-state index contributed by atoms with van der Waals surface area (Å²) < 4.78 is 51.6. The molecular formula is C8H6F4O6. The molecule has 0 amide bonds. The summed E-state index contributed by atoms with van der Waals surface area (Å²) in [5.74, 6) is -13.5. The van der Waals surface area contributed by atoms with Crippen molar-refractivity contribution < 1.29 is 48.3 Å². The Morgan fingerprint density at radius 2 is 0.833 bits per heavy atom. The summed E-state index contributed by atoms with van der Waals surface area (Å²) >= 11 is 0. The normalized spacial score (nSPS) is 9.11. The van der Waals surface area contributed by atoms with Crippen molar-refractivity contribution >= 4 is 11.9 Å². The third-order valence-corrected chi connectivity index (χ3v) is 1.69. The van der Waals surface area contributed by atoms with Crippen LogP contribution in [0.15, 0.2) is 0 Å². The van der Waals surface area contributed by atoms with E-state index in [1.807, 2.05) is 0 Å². The van der Waals surface area contributed by atoms with Crippen LogP contribution in [-0.2, 0) is 0 Å². The molecule has 6 N–H and O–H groups in total. The third-order valence-electron chi connectivity index (χ3n) is 1.69. The maximum Gasteiger partial charge on any atom is 0.341 e. The minimum absolute atomic E-state index is 0. The highest BCUT2D eigenvalue weighted by Crippen LogP contribution is 2.24. The molecule has 0 aliphatic carbocycles. The van der Waals surface area contributed by atoms with Gasteiger partial charge in [0, 0.05) is 0 Å². The van der Waals surface area contributed by atoms with Gasteiger partial charge in [-0.25, -0.2) is 27.2 Å². The number of carbonyl (C=O) groups is 2. The molecule has 0 spiro atoms. The number of hydrogen-bond donors (Lipinski definition) is 2. The van der Waals surface area contributed by atoms with Crippen LogP contribution in [0.3, 0.4) is 0 Å². The van der Waals surface area contributed by atoms with Crippen molar-refractivity contribution in [1.82, 2.24) is 0 Å². The summed E-state index contributed by atoms with van der Waals surface area (Å²) in [7, 11) is 0. The van der Waals surface area contributed by atoms with Crippen LogP contribution in [0, 0.1) is 23.3 Å². The van der Waals surface area contributed by atoms with Gasteiger partial charge in [0.2, 0.25) is 0 Å². The zero-order chi connectivity index (χ0) is 12.6. The van der Waals surface area contributed by atoms with Crippen molar-refractivity contribution in [3.63, 3.8) is 0 Å². The third kappa shape index (κ3) is 2.55. The molecule has 0 radical (unpaired) electrons. The van der Waals surface area contributed by atoms with Gasteiger partial charge in [0.25, 0.3) is 0 Å². The van der Waals surface area contributed by atoms with Crippen LogP contribution in [0.4, 0.5) is 17.6 Å². The second-order valence-electron chi connectivity index (χ2n) is 2.62. The van der Waals surface area contributed by atoms with Crippen LogP contribution in [-0.4, -0.2) is 33.1 Å². The Hall–Kier alpha value is -2.20. The maximum atomic E-state index is 12.9. The van der Waals surface area contributed by atoms with Crippen molar-refractivity contribution in [1.29, 1.82) is 0 Å². The van der Waals surface area contributed by atoms with Crippen LogP contribution >= 0.6 is 0 Å². The van der Waals surface area contributed by atoms with E-state index in [1.165, 1.54) is 0 Å². The fraction of sp³-hybridized carbons (Fsp3) is 0. The monoisotopic (exact) mass is 274 g/mol. The molecule has 0 atom stereocenters. The van der Waals surface area contributed by atoms with E-state index in [9.17, 15) is 27.2 Å². The van der Waals surface area contributed by atoms with E-state index >= 15 is 0 Å². The van der Waals surface area contributed by atoms with E-state index in [0.717, 1.165) is 0 Å². The Morgan fingerprint density at radius 1 is 0.667 bits per heavy atom. The summed E-state index contributed by atoms with van der Waals surface area (Å²) in [6.07, 6.45) is 0. The standard InChI is InChI=1S/C8H2F4O4.2H2O/c9-3-1(7(13)14)4(10)6(12)2(5(3)11)8(15)16;;/h(H,13,14)(H,15,16);2*1H2. The molecule has 0 saturated carbocycles. The Kier molecular flexibility index (Phi) is 5.99. The van der Waals surface area contributed by atoms with Crippen molar-refractivity contribution in [3.8, 4) is 0 Å². The number of rotatable bonds is 2. The van der Waals surface area contributed by atoms with Gasteiger partial charge in [-0.15, -0.1) is 0 Å². The van der Waals surface area contributed by atoms with E-state index in [-0.39, 0.29) is 11.0 Å². The van der Waals surface area contributed by atoms with Crippen molar-refractivity contribution in [2.45, 2.75) is 0 Å². The summed E-state index contributed by atoms with van der Waals surface area (Å²) in [6, 6.07) is 0. The minimum atomic E-state index is -2.26. The highest BCUT2D eigenvalue weighted by atomic mass is 19.2. The highest BCUT2D eigenvalue weighted by Gasteiger charge is 2.31. The Morgan fingerprint density at radius 3 is 0.944 bits per heavy atom. The fourth-order valence-electron chi connectivity index (χ4n) is 1.01. The number of benzene rings is 1. The summed E-state index contributed by atoms with van der Waals surface area (Å²) in [4.78, 5) is 20.5. The lowest BCUT2D eigenvalue weighted by atomic mass is 10.1. The molecule has 1 aromatic rings. The second-order valence-corrected chi connectivity index (χ2v) is 2.62. The molecule has 0 aliphatic heterocycles. The molecule has 0 aliphatic rings. The lowest BCUT2D eigenvalue weighted by Crippen LogP contribution is -2.15. The Bertz CT molecular complexity index is 427. The van der Waals surface area contributed by atoms with Gasteiger partial charge in [-0.1, -0.05) is 0 Å². The zero-order valence-corrected chi connectivity index (χ0v) is 8.22. The number of halogens is 4. The number of carboxylic acid groups (broad SMARTS) is 2. The van der Waals surface area contributed by atoms with Gasteiger partial charge < -0.3 is 21.2 Å². The number of aromatic carboxylic acids is 2. The number of hydrogen-bond acceptors (Lipinski definition) is 2. The molecule has 0 saturated heterocycles. The predicted molar refractivity (Wildman–Crippen MR) is 47.4 cm³/mol. The van der Waals surface area contributed by atoms with Crippen LogP contribution in [0.1, 0.15) is 20.7 Å². The van der Waals surface area contributed by atoms with Gasteiger partial charge in [-0.3, -0.25) is 0 Å².